The molecule has 0 amide bonds. The monoisotopic (exact) mass is 362 g/mol. The van der Waals surface area contributed by atoms with Crippen LogP contribution in [0.25, 0.3) is 0 Å². The molecule has 1 aromatic carbocycles. The van der Waals surface area contributed by atoms with Crippen molar-refractivity contribution in [2.24, 2.45) is 4.99 Å². The molecule has 2 rings (SSSR count). The molecule has 0 saturated carbocycles. The average Bonchev–Trinajstić information content (AvgIpc) is 3.02. The summed E-state index contributed by atoms with van der Waals surface area (Å²) in [5.41, 5.74) is 2.89. The van der Waals surface area contributed by atoms with E-state index in [0.717, 1.165) is 29.7 Å². The van der Waals surface area contributed by atoms with Crippen LogP contribution >= 0.6 is 11.3 Å². The van der Waals surface area contributed by atoms with Crippen LogP contribution in [0.3, 0.4) is 0 Å². The number of aliphatic imine (C=N–C) groups is 1. The van der Waals surface area contributed by atoms with E-state index < -0.39 is 0 Å². The Kier molecular flexibility index (Phi) is 7.53. The highest BCUT2D eigenvalue weighted by atomic mass is 32.1. The van der Waals surface area contributed by atoms with Gasteiger partial charge in [0, 0.05) is 17.5 Å². The molecule has 7 heteroatoms. The van der Waals surface area contributed by atoms with Crippen LogP contribution in [0.5, 0.6) is 11.5 Å². The zero-order valence-corrected chi connectivity index (χ0v) is 16.0. The minimum Gasteiger partial charge on any atom is -0.497 e. The second-order valence-corrected chi connectivity index (χ2v) is 6.48. The molecule has 0 fully saturated rings. The molecule has 0 aliphatic heterocycles. The number of thiazole rings is 1. The fraction of sp³-hybridized carbons (Fsp3) is 0.444. The number of ether oxygens (including phenoxy) is 2. The summed E-state index contributed by atoms with van der Waals surface area (Å²) in [4.78, 5) is 10.0. The van der Waals surface area contributed by atoms with Gasteiger partial charge in [-0.1, -0.05) is 6.07 Å². The number of nitrogens with zero attached hydrogens (tertiary/aromatic N) is 2. The summed E-state index contributed by atoms with van der Waals surface area (Å²) in [6, 6.07) is 7.61. The van der Waals surface area contributed by atoms with E-state index in [1.807, 2.05) is 50.5 Å². The molecule has 136 valence electrons. The van der Waals surface area contributed by atoms with Gasteiger partial charge in [-0.05, 0) is 32.9 Å². The second kappa shape index (κ2) is 9.88. The topological polar surface area (TPSA) is 67.8 Å². The number of guanidine groups is 1. The highest BCUT2D eigenvalue weighted by Crippen LogP contribution is 2.19. The van der Waals surface area contributed by atoms with Gasteiger partial charge >= 0.3 is 0 Å². The molecule has 0 spiro atoms. The Morgan fingerprint density at radius 2 is 2.12 bits per heavy atom. The molecule has 0 saturated heterocycles. The van der Waals surface area contributed by atoms with Crippen LogP contribution in [0.2, 0.25) is 0 Å². The maximum absolute atomic E-state index is 5.92. The van der Waals surface area contributed by atoms with Crippen molar-refractivity contribution < 1.29 is 9.47 Å². The first-order chi connectivity index (χ1) is 12.1. The molecule has 1 atom stereocenters. The normalized spacial score (nSPS) is 12.6. The van der Waals surface area contributed by atoms with Crippen molar-refractivity contribution in [3.05, 3.63) is 40.3 Å². The second-order valence-electron chi connectivity index (χ2n) is 5.54. The van der Waals surface area contributed by atoms with E-state index in [-0.39, 0.29) is 6.10 Å². The SMILES string of the molecule is CCNC(=NCc1scnc1C)NCC(C)Oc1cccc(OC)c1. The largest absolute Gasteiger partial charge is 0.497 e. The number of rotatable bonds is 8. The summed E-state index contributed by atoms with van der Waals surface area (Å²) < 4.78 is 11.1. The molecular formula is C18H26N4O2S. The van der Waals surface area contributed by atoms with E-state index in [9.17, 15) is 0 Å². The average molecular weight is 362 g/mol. The van der Waals surface area contributed by atoms with E-state index in [4.69, 9.17) is 9.47 Å². The van der Waals surface area contributed by atoms with Gasteiger partial charge in [0.05, 0.1) is 31.4 Å². The van der Waals surface area contributed by atoms with Crippen molar-refractivity contribution in [1.82, 2.24) is 15.6 Å². The van der Waals surface area contributed by atoms with Crippen LogP contribution in [0.1, 0.15) is 24.4 Å². The molecule has 1 aromatic heterocycles. The number of hydrogen-bond acceptors (Lipinski definition) is 5. The Balaban J connectivity index is 1.87. The van der Waals surface area contributed by atoms with E-state index in [1.54, 1.807) is 18.4 Å². The van der Waals surface area contributed by atoms with Gasteiger partial charge in [0.15, 0.2) is 5.96 Å². The fourth-order valence-electron chi connectivity index (χ4n) is 2.16. The molecule has 1 heterocycles. The lowest BCUT2D eigenvalue weighted by Crippen LogP contribution is -2.41. The third-order valence-electron chi connectivity index (χ3n) is 3.51. The number of aromatic nitrogens is 1. The van der Waals surface area contributed by atoms with Crippen LogP contribution in [-0.4, -0.2) is 37.2 Å². The Bertz CT molecular complexity index is 687. The highest BCUT2D eigenvalue weighted by Gasteiger charge is 2.07. The highest BCUT2D eigenvalue weighted by molar-refractivity contribution is 7.09. The standard InChI is InChI=1S/C18H26N4O2S/c1-5-19-18(21-11-17-14(3)22-12-25-17)20-10-13(2)24-16-8-6-7-15(9-16)23-4/h6-9,12-13H,5,10-11H2,1-4H3,(H2,19,20,21). The molecular weight excluding hydrogens is 336 g/mol. The predicted molar refractivity (Wildman–Crippen MR) is 103 cm³/mol. The van der Waals surface area contributed by atoms with Gasteiger partial charge in [0.25, 0.3) is 0 Å². The van der Waals surface area contributed by atoms with E-state index in [2.05, 4.69) is 20.6 Å². The minimum absolute atomic E-state index is 0.0129. The minimum atomic E-state index is -0.0129. The van der Waals surface area contributed by atoms with Gasteiger partial charge in [-0.2, -0.15) is 0 Å². The molecule has 0 bridgehead atoms. The van der Waals surface area contributed by atoms with Crippen molar-refractivity contribution in [2.45, 2.75) is 33.4 Å². The molecule has 25 heavy (non-hydrogen) atoms. The first-order valence-corrected chi connectivity index (χ1v) is 9.22. The van der Waals surface area contributed by atoms with Crippen LogP contribution in [0.4, 0.5) is 0 Å². The summed E-state index contributed by atoms with van der Waals surface area (Å²) in [5, 5.41) is 6.57. The van der Waals surface area contributed by atoms with Crippen LogP contribution in [0.15, 0.2) is 34.8 Å². The quantitative estimate of drug-likeness (QED) is 0.558. The molecule has 6 nitrogen and oxygen atoms in total. The van der Waals surface area contributed by atoms with Gasteiger partial charge < -0.3 is 20.1 Å². The molecule has 0 aliphatic rings. The third-order valence-corrected chi connectivity index (χ3v) is 4.43. The van der Waals surface area contributed by atoms with Crippen LogP contribution in [0, 0.1) is 6.92 Å². The zero-order valence-electron chi connectivity index (χ0n) is 15.2. The first kappa shape index (κ1) is 19.1. The maximum Gasteiger partial charge on any atom is 0.191 e. The van der Waals surface area contributed by atoms with Gasteiger partial charge in [0.1, 0.15) is 17.6 Å². The lowest BCUT2D eigenvalue weighted by molar-refractivity contribution is 0.223. The van der Waals surface area contributed by atoms with Crippen molar-refractivity contribution >= 4 is 17.3 Å². The summed E-state index contributed by atoms with van der Waals surface area (Å²) in [7, 11) is 1.65. The van der Waals surface area contributed by atoms with Gasteiger partial charge in [0.2, 0.25) is 0 Å². The molecule has 2 aromatic rings. The van der Waals surface area contributed by atoms with Crippen molar-refractivity contribution in [1.29, 1.82) is 0 Å². The van der Waals surface area contributed by atoms with Crippen molar-refractivity contribution in [2.75, 3.05) is 20.2 Å². The van der Waals surface area contributed by atoms with E-state index >= 15 is 0 Å². The van der Waals surface area contributed by atoms with Crippen molar-refractivity contribution in [3.8, 4) is 11.5 Å². The number of aryl methyl sites for hydroxylation is 1. The summed E-state index contributed by atoms with van der Waals surface area (Å²) in [6.45, 7) is 8.14. The van der Waals surface area contributed by atoms with Crippen LogP contribution in [-0.2, 0) is 6.54 Å². The summed E-state index contributed by atoms with van der Waals surface area (Å²) in [5.74, 6) is 2.35. The molecule has 0 radical (unpaired) electrons. The van der Waals surface area contributed by atoms with Gasteiger partial charge in [-0.25, -0.2) is 9.98 Å². The number of benzene rings is 1. The van der Waals surface area contributed by atoms with E-state index in [1.165, 1.54) is 4.88 Å². The maximum atomic E-state index is 5.92. The lowest BCUT2D eigenvalue weighted by atomic mass is 10.3. The molecule has 0 aliphatic carbocycles. The summed E-state index contributed by atoms with van der Waals surface area (Å²) >= 11 is 1.63. The Labute approximate surface area is 153 Å². The fourth-order valence-corrected chi connectivity index (χ4v) is 2.86. The number of hydrogen-bond donors (Lipinski definition) is 2. The van der Waals surface area contributed by atoms with Gasteiger partial charge in [-0.15, -0.1) is 11.3 Å². The predicted octanol–water partition coefficient (Wildman–Crippen LogP) is 2.98. The third kappa shape index (κ3) is 6.26. The Morgan fingerprint density at radius 1 is 1.32 bits per heavy atom. The number of nitrogens with one attached hydrogen (secondary N) is 2. The molecule has 2 N–H and O–H groups in total. The van der Waals surface area contributed by atoms with Gasteiger partial charge in [-0.3, -0.25) is 0 Å². The van der Waals surface area contributed by atoms with E-state index in [0.29, 0.717) is 13.1 Å². The van der Waals surface area contributed by atoms with Crippen molar-refractivity contribution in [3.63, 3.8) is 0 Å². The zero-order chi connectivity index (χ0) is 18.1. The Hall–Kier alpha value is -2.28. The molecule has 1 unspecified atom stereocenters. The lowest BCUT2D eigenvalue weighted by Gasteiger charge is -2.18. The number of methoxy groups -OCH3 is 1. The first-order valence-electron chi connectivity index (χ1n) is 8.34. The Morgan fingerprint density at radius 3 is 2.80 bits per heavy atom. The summed E-state index contributed by atoms with van der Waals surface area (Å²) in [6.07, 6.45) is -0.0129. The van der Waals surface area contributed by atoms with Crippen LogP contribution < -0.4 is 20.1 Å². The smallest absolute Gasteiger partial charge is 0.191 e.